The number of aryl methyl sites for hydroxylation is 1. The smallest absolute Gasteiger partial charge is 0.255 e. The number of carbonyl (C=O) groups excluding carboxylic acids is 2. The number of nitrogens with one attached hydrogen (secondary N) is 1. The normalized spacial score (nSPS) is 15.3. The molecule has 0 unspecified atom stereocenters. The molecule has 0 spiro atoms. The molecule has 1 aliphatic heterocycles. The summed E-state index contributed by atoms with van der Waals surface area (Å²) in [5, 5.41) is 4.07. The second-order valence-corrected chi connectivity index (χ2v) is 8.67. The highest BCUT2D eigenvalue weighted by Gasteiger charge is 2.40. The monoisotopic (exact) mass is 447 g/mol. The molecule has 0 saturated heterocycles. The number of amides is 2. The minimum Gasteiger partial charge on any atom is -0.381 e. The first-order valence-corrected chi connectivity index (χ1v) is 11.8. The van der Waals surface area contributed by atoms with Gasteiger partial charge in [-0.1, -0.05) is 49.7 Å². The molecule has 6 heteroatoms. The largest absolute Gasteiger partial charge is 0.381 e. The Balaban J connectivity index is 1.55. The van der Waals surface area contributed by atoms with Gasteiger partial charge in [-0.2, -0.15) is 0 Å². The fraction of sp³-hybridized carbons (Fsp3) is 0.407. The highest BCUT2D eigenvalue weighted by molar-refractivity contribution is 6.02. The fourth-order valence-electron chi connectivity index (χ4n) is 4.70. The van der Waals surface area contributed by atoms with Gasteiger partial charge < -0.3 is 19.5 Å². The number of nitrogens with zero attached hydrogens (tertiary/aromatic N) is 2. The van der Waals surface area contributed by atoms with Gasteiger partial charge in [-0.3, -0.25) is 9.59 Å². The lowest BCUT2D eigenvalue weighted by Gasteiger charge is -2.26. The van der Waals surface area contributed by atoms with E-state index in [1.165, 1.54) is 0 Å². The second kappa shape index (κ2) is 10.2. The van der Waals surface area contributed by atoms with Crippen LogP contribution in [0.25, 0.3) is 10.9 Å². The van der Waals surface area contributed by atoms with E-state index in [9.17, 15) is 9.59 Å². The third-order valence-corrected chi connectivity index (χ3v) is 6.52. The summed E-state index contributed by atoms with van der Waals surface area (Å²) >= 11 is 0. The third-order valence-electron chi connectivity index (χ3n) is 6.52. The topological polar surface area (TPSA) is 63.6 Å². The van der Waals surface area contributed by atoms with Crippen LogP contribution in [-0.4, -0.2) is 47.6 Å². The summed E-state index contributed by atoms with van der Waals surface area (Å²) in [6.07, 6.45) is 2.93. The number of rotatable bonds is 10. The Labute approximate surface area is 195 Å². The van der Waals surface area contributed by atoms with Gasteiger partial charge in [0.15, 0.2) is 0 Å². The molecular weight excluding hydrogens is 414 g/mol. The van der Waals surface area contributed by atoms with Crippen LogP contribution in [0, 0.1) is 6.92 Å². The van der Waals surface area contributed by atoms with E-state index in [0.29, 0.717) is 18.7 Å². The van der Waals surface area contributed by atoms with Gasteiger partial charge >= 0.3 is 0 Å². The average molecular weight is 448 g/mol. The van der Waals surface area contributed by atoms with Gasteiger partial charge in [0.05, 0.1) is 6.04 Å². The van der Waals surface area contributed by atoms with Crippen molar-refractivity contribution in [3.8, 4) is 0 Å². The standard InChI is InChI=1S/C27H33N3O3/c1-4-5-16-33-17-10-15-28-24(31)18-30-26(20-11-6-7-12-21(20)27(30)32)25-19(2)29(3)23-14-9-8-13-22(23)25/h6-9,11-14,26H,4-5,10,15-18H2,1-3H3,(H,28,31)/t26-/m0/s1. The van der Waals surface area contributed by atoms with E-state index in [2.05, 4.69) is 35.9 Å². The number of para-hydroxylation sites is 1. The molecule has 2 amide bonds. The van der Waals surface area contributed by atoms with Crippen molar-refractivity contribution in [2.24, 2.45) is 7.05 Å². The zero-order valence-electron chi connectivity index (χ0n) is 19.8. The fourth-order valence-corrected chi connectivity index (χ4v) is 4.70. The summed E-state index contributed by atoms with van der Waals surface area (Å²) in [6.45, 7) is 6.17. The van der Waals surface area contributed by atoms with E-state index >= 15 is 0 Å². The number of hydrogen-bond donors (Lipinski definition) is 1. The first kappa shape index (κ1) is 23.1. The maximum atomic E-state index is 13.4. The number of hydrogen-bond acceptors (Lipinski definition) is 3. The van der Waals surface area contributed by atoms with E-state index in [4.69, 9.17) is 4.74 Å². The van der Waals surface area contributed by atoms with Gasteiger partial charge in [0.25, 0.3) is 5.91 Å². The van der Waals surface area contributed by atoms with Crippen molar-refractivity contribution >= 4 is 22.7 Å². The summed E-state index contributed by atoms with van der Waals surface area (Å²) < 4.78 is 7.72. The summed E-state index contributed by atoms with van der Waals surface area (Å²) in [5.41, 5.74) is 4.93. The van der Waals surface area contributed by atoms with E-state index < -0.39 is 0 Å². The highest BCUT2D eigenvalue weighted by atomic mass is 16.5. The molecule has 174 valence electrons. The highest BCUT2D eigenvalue weighted by Crippen LogP contribution is 2.43. The Kier molecular flexibility index (Phi) is 7.14. The van der Waals surface area contributed by atoms with Crippen LogP contribution in [0.1, 0.15) is 59.4 Å². The quantitative estimate of drug-likeness (QED) is 0.470. The van der Waals surface area contributed by atoms with Crippen molar-refractivity contribution < 1.29 is 14.3 Å². The Hall–Kier alpha value is -3.12. The molecular formula is C27H33N3O3. The van der Waals surface area contributed by atoms with E-state index in [1.807, 2.05) is 43.4 Å². The Morgan fingerprint density at radius 2 is 1.79 bits per heavy atom. The average Bonchev–Trinajstić information content (AvgIpc) is 3.24. The van der Waals surface area contributed by atoms with Crippen LogP contribution < -0.4 is 5.32 Å². The number of benzene rings is 2. The van der Waals surface area contributed by atoms with Crippen LogP contribution >= 0.6 is 0 Å². The lowest BCUT2D eigenvalue weighted by Crippen LogP contribution is -2.40. The molecule has 3 aromatic rings. The van der Waals surface area contributed by atoms with Crippen molar-refractivity contribution in [1.29, 1.82) is 0 Å². The predicted octanol–water partition coefficient (Wildman–Crippen LogP) is 4.35. The van der Waals surface area contributed by atoms with Crippen LogP contribution in [-0.2, 0) is 16.6 Å². The number of fused-ring (bicyclic) bond motifs is 2. The summed E-state index contributed by atoms with van der Waals surface area (Å²) in [6, 6.07) is 15.6. The zero-order valence-corrected chi connectivity index (χ0v) is 19.8. The van der Waals surface area contributed by atoms with Gasteiger partial charge in [-0.25, -0.2) is 0 Å². The minimum absolute atomic E-state index is 0.0253. The van der Waals surface area contributed by atoms with Gasteiger partial charge in [0.2, 0.25) is 5.91 Å². The van der Waals surface area contributed by atoms with E-state index in [1.54, 1.807) is 4.90 Å². The molecule has 1 aliphatic rings. The molecule has 6 nitrogen and oxygen atoms in total. The maximum Gasteiger partial charge on any atom is 0.255 e. The summed E-state index contributed by atoms with van der Waals surface area (Å²) in [7, 11) is 2.05. The predicted molar refractivity (Wildman–Crippen MR) is 130 cm³/mol. The van der Waals surface area contributed by atoms with Crippen LogP contribution in [0.5, 0.6) is 0 Å². The molecule has 2 aromatic carbocycles. The van der Waals surface area contributed by atoms with Gasteiger partial charge in [0, 0.05) is 54.5 Å². The molecule has 0 bridgehead atoms. The molecule has 1 aromatic heterocycles. The molecule has 0 radical (unpaired) electrons. The van der Waals surface area contributed by atoms with Gasteiger partial charge in [-0.15, -0.1) is 0 Å². The lowest BCUT2D eigenvalue weighted by molar-refractivity contribution is -0.122. The van der Waals surface area contributed by atoms with Crippen molar-refractivity contribution in [2.75, 3.05) is 26.3 Å². The molecule has 1 N–H and O–H groups in total. The van der Waals surface area contributed by atoms with Crippen molar-refractivity contribution in [3.63, 3.8) is 0 Å². The second-order valence-electron chi connectivity index (χ2n) is 8.67. The lowest BCUT2D eigenvalue weighted by atomic mass is 9.95. The zero-order chi connectivity index (χ0) is 23.4. The third kappa shape index (κ3) is 4.53. The molecule has 2 heterocycles. The minimum atomic E-state index is -0.289. The molecule has 0 aliphatic carbocycles. The van der Waals surface area contributed by atoms with Crippen molar-refractivity contribution in [2.45, 2.75) is 39.2 Å². The number of ether oxygens (including phenoxy) is 1. The maximum absolute atomic E-state index is 13.4. The van der Waals surface area contributed by atoms with Crippen LogP contribution in [0.2, 0.25) is 0 Å². The number of unbranched alkanes of at least 4 members (excludes halogenated alkanes) is 1. The SMILES string of the molecule is CCCCOCCCNC(=O)CN1C(=O)c2ccccc2[C@H]1c1c(C)n(C)c2ccccc12. The van der Waals surface area contributed by atoms with Crippen molar-refractivity contribution in [3.05, 3.63) is 70.9 Å². The van der Waals surface area contributed by atoms with E-state index in [-0.39, 0.29) is 24.4 Å². The molecule has 1 atom stereocenters. The first-order chi connectivity index (χ1) is 16.0. The Morgan fingerprint density at radius 3 is 2.61 bits per heavy atom. The Morgan fingerprint density at radius 1 is 1.06 bits per heavy atom. The van der Waals surface area contributed by atoms with Gasteiger partial charge in [0.1, 0.15) is 6.54 Å². The Bertz CT molecular complexity index is 1150. The van der Waals surface area contributed by atoms with E-state index in [0.717, 1.165) is 53.6 Å². The molecule has 0 saturated carbocycles. The van der Waals surface area contributed by atoms with Crippen LogP contribution in [0.3, 0.4) is 0 Å². The van der Waals surface area contributed by atoms with Gasteiger partial charge in [-0.05, 0) is 37.5 Å². The summed E-state index contributed by atoms with van der Waals surface area (Å²) in [4.78, 5) is 27.9. The molecule has 4 rings (SSSR count). The number of carbonyl (C=O) groups is 2. The molecule has 33 heavy (non-hydrogen) atoms. The molecule has 0 fully saturated rings. The summed E-state index contributed by atoms with van der Waals surface area (Å²) in [5.74, 6) is -0.242. The number of aromatic nitrogens is 1. The first-order valence-electron chi connectivity index (χ1n) is 11.8. The van der Waals surface area contributed by atoms with Crippen LogP contribution in [0.4, 0.5) is 0 Å². The van der Waals surface area contributed by atoms with Crippen molar-refractivity contribution in [1.82, 2.24) is 14.8 Å². The van der Waals surface area contributed by atoms with Crippen LogP contribution in [0.15, 0.2) is 48.5 Å².